The summed E-state index contributed by atoms with van der Waals surface area (Å²) in [6, 6.07) is 0.452. The first-order valence-corrected chi connectivity index (χ1v) is 4.83. The molecule has 0 saturated carbocycles. The lowest BCUT2D eigenvalue weighted by atomic mass is 10.1. The van der Waals surface area contributed by atoms with Crippen molar-refractivity contribution < 1.29 is 9.53 Å². The molecule has 0 aromatic heterocycles. The molecule has 1 saturated heterocycles. The summed E-state index contributed by atoms with van der Waals surface area (Å²) in [5.74, 6) is -0.225. The predicted octanol–water partition coefficient (Wildman–Crippen LogP) is 0.0189. The van der Waals surface area contributed by atoms with Gasteiger partial charge in [0.25, 0.3) is 0 Å². The van der Waals surface area contributed by atoms with Gasteiger partial charge < -0.3 is 15.8 Å². The molecular formula is C9H18N2O2. The predicted molar refractivity (Wildman–Crippen MR) is 50.3 cm³/mol. The van der Waals surface area contributed by atoms with Crippen LogP contribution in [0.25, 0.3) is 0 Å². The van der Waals surface area contributed by atoms with Crippen molar-refractivity contribution in [2.45, 2.75) is 38.3 Å². The van der Waals surface area contributed by atoms with Crippen molar-refractivity contribution in [3.05, 3.63) is 0 Å². The number of nitrogens with one attached hydrogen (secondary N) is 1. The summed E-state index contributed by atoms with van der Waals surface area (Å²) in [5, 5.41) is 3.35. The molecule has 0 aliphatic carbocycles. The van der Waals surface area contributed by atoms with Crippen LogP contribution in [0, 0.1) is 0 Å². The Morgan fingerprint density at radius 3 is 3.00 bits per heavy atom. The number of hydrogen-bond acceptors (Lipinski definition) is 3. The Kier molecular flexibility index (Phi) is 4.18. The number of ether oxygens (including phenoxy) is 1. The molecule has 0 spiro atoms. The smallest absolute Gasteiger partial charge is 0.217 e. The van der Waals surface area contributed by atoms with Crippen LogP contribution in [0.2, 0.25) is 0 Å². The Balaban J connectivity index is 2.02. The average molecular weight is 186 g/mol. The number of hydrogen-bond donors (Lipinski definition) is 2. The second-order valence-electron chi connectivity index (χ2n) is 3.50. The topological polar surface area (TPSA) is 64.3 Å². The average Bonchev–Trinajstić information content (AvgIpc) is 2.45. The van der Waals surface area contributed by atoms with Crippen LogP contribution in [0.4, 0.5) is 0 Å². The summed E-state index contributed by atoms with van der Waals surface area (Å²) >= 11 is 0. The Hall–Kier alpha value is -0.610. The Labute approximate surface area is 78.8 Å². The molecule has 1 fully saturated rings. The van der Waals surface area contributed by atoms with Gasteiger partial charge in [-0.1, -0.05) is 0 Å². The second kappa shape index (κ2) is 5.19. The lowest BCUT2D eigenvalue weighted by molar-refractivity contribution is -0.118. The molecule has 2 unspecified atom stereocenters. The first-order chi connectivity index (χ1) is 6.20. The van der Waals surface area contributed by atoms with E-state index in [1.54, 1.807) is 0 Å². The maximum absolute atomic E-state index is 10.4. The van der Waals surface area contributed by atoms with E-state index in [9.17, 15) is 4.79 Å². The van der Waals surface area contributed by atoms with Crippen LogP contribution in [0.1, 0.15) is 26.2 Å². The molecule has 4 nitrogen and oxygen atoms in total. The van der Waals surface area contributed by atoms with E-state index < -0.39 is 0 Å². The fraction of sp³-hybridized carbons (Fsp3) is 0.889. The summed E-state index contributed by atoms with van der Waals surface area (Å²) in [6.45, 7) is 3.76. The van der Waals surface area contributed by atoms with Crippen molar-refractivity contribution in [1.29, 1.82) is 0 Å². The van der Waals surface area contributed by atoms with E-state index in [0.717, 1.165) is 26.0 Å². The zero-order valence-electron chi connectivity index (χ0n) is 8.08. The van der Waals surface area contributed by atoms with Gasteiger partial charge in [-0.15, -0.1) is 0 Å². The molecule has 76 valence electrons. The zero-order chi connectivity index (χ0) is 9.68. The van der Waals surface area contributed by atoms with Crippen LogP contribution >= 0.6 is 0 Å². The maximum Gasteiger partial charge on any atom is 0.217 e. The third-order valence-electron chi connectivity index (χ3n) is 2.38. The molecule has 4 heteroatoms. The van der Waals surface area contributed by atoms with Gasteiger partial charge in [0.1, 0.15) is 0 Å². The van der Waals surface area contributed by atoms with Gasteiger partial charge in [0.2, 0.25) is 5.91 Å². The monoisotopic (exact) mass is 186 g/mol. The molecule has 0 bridgehead atoms. The summed E-state index contributed by atoms with van der Waals surface area (Å²) in [7, 11) is 0. The molecule has 1 amide bonds. The lowest BCUT2D eigenvalue weighted by Crippen LogP contribution is -2.35. The van der Waals surface area contributed by atoms with E-state index >= 15 is 0 Å². The van der Waals surface area contributed by atoms with E-state index in [-0.39, 0.29) is 5.91 Å². The number of nitrogens with two attached hydrogens (primary N) is 1. The second-order valence-corrected chi connectivity index (χ2v) is 3.50. The number of amides is 1. The van der Waals surface area contributed by atoms with E-state index in [0.29, 0.717) is 18.6 Å². The molecule has 0 aromatic rings. The molecule has 0 radical (unpaired) electrons. The standard InChI is InChI=1S/C9H18N2O2/c1-7-8(4-6-13-7)11-5-2-3-9(10)12/h7-8,11H,2-6H2,1H3,(H2,10,12). The van der Waals surface area contributed by atoms with Gasteiger partial charge in [-0.2, -0.15) is 0 Å². The van der Waals surface area contributed by atoms with Crippen molar-refractivity contribution in [1.82, 2.24) is 5.32 Å². The highest BCUT2D eigenvalue weighted by molar-refractivity contribution is 5.73. The molecule has 1 aliphatic heterocycles. The van der Waals surface area contributed by atoms with Gasteiger partial charge >= 0.3 is 0 Å². The molecule has 13 heavy (non-hydrogen) atoms. The highest BCUT2D eigenvalue weighted by Gasteiger charge is 2.22. The van der Waals surface area contributed by atoms with E-state index in [1.807, 2.05) is 0 Å². The number of primary amides is 1. The van der Waals surface area contributed by atoms with Gasteiger partial charge in [0.15, 0.2) is 0 Å². The molecule has 3 N–H and O–H groups in total. The molecule has 2 atom stereocenters. The van der Waals surface area contributed by atoms with Crippen LogP contribution in [0.5, 0.6) is 0 Å². The van der Waals surface area contributed by atoms with E-state index in [1.165, 1.54) is 0 Å². The third-order valence-corrected chi connectivity index (χ3v) is 2.38. The van der Waals surface area contributed by atoms with Gasteiger partial charge in [-0.25, -0.2) is 0 Å². The quantitative estimate of drug-likeness (QED) is 0.595. The van der Waals surface area contributed by atoms with Crippen molar-refractivity contribution >= 4 is 5.91 Å². The normalized spacial score (nSPS) is 27.8. The Bertz CT molecular complexity index is 173. The van der Waals surface area contributed by atoms with E-state index in [4.69, 9.17) is 10.5 Å². The van der Waals surface area contributed by atoms with Crippen LogP contribution in [-0.2, 0) is 9.53 Å². The summed E-state index contributed by atoms with van der Waals surface area (Å²) in [4.78, 5) is 10.4. The molecule has 1 aliphatic rings. The van der Waals surface area contributed by atoms with Crippen molar-refractivity contribution in [3.63, 3.8) is 0 Å². The molecule has 1 heterocycles. The maximum atomic E-state index is 10.4. The van der Waals surface area contributed by atoms with Crippen molar-refractivity contribution in [2.75, 3.05) is 13.2 Å². The van der Waals surface area contributed by atoms with Gasteiger partial charge in [0, 0.05) is 19.1 Å². The van der Waals surface area contributed by atoms with Crippen LogP contribution in [0.15, 0.2) is 0 Å². The minimum Gasteiger partial charge on any atom is -0.377 e. The summed E-state index contributed by atoms with van der Waals surface area (Å²) in [6.07, 6.45) is 2.65. The molecule has 0 aromatic carbocycles. The van der Waals surface area contributed by atoms with Crippen LogP contribution < -0.4 is 11.1 Å². The number of carbonyl (C=O) groups is 1. The SMILES string of the molecule is CC1OCCC1NCCCC(N)=O. The highest BCUT2D eigenvalue weighted by atomic mass is 16.5. The third kappa shape index (κ3) is 3.74. The zero-order valence-corrected chi connectivity index (χ0v) is 8.08. The van der Waals surface area contributed by atoms with Crippen molar-refractivity contribution in [2.24, 2.45) is 5.73 Å². The number of rotatable bonds is 5. The van der Waals surface area contributed by atoms with Gasteiger partial charge in [0.05, 0.1) is 6.10 Å². The Morgan fingerprint density at radius 2 is 2.46 bits per heavy atom. The first kappa shape index (κ1) is 10.5. The minimum atomic E-state index is -0.225. The first-order valence-electron chi connectivity index (χ1n) is 4.83. The van der Waals surface area contributed by atoms with E-state index in [2.05, 4.69) is 12.2 Å². The minimum absolute atomic E-state index is 0.225. The fourth-order valence-corrected chi connectivity index (χ4v) is 1.55. The van der Waals surface area contributed by atoms with Crippen molar-refractivity contribution in [3.8, 4) is 0 Å². The van der Waals surface area contributed by atoms with Crippen LogP contribution in [0.3, 0.4) is 0 Å². The largest absolute Gasteiger partial charge is 0.377 e. The fourth-order valence-electron chi connectivity index (χ4n) is 1.55. The Morgan fingerprint density at radius 1 is 1.69 bits per heavy atom. The molecular weight excluding hydrogens is 168 g/mol. The molecule has 1 rings (SSSR count). The summed E-state index contributed by atoms with van der Waals surface area (Å²) < 4.78 is 5.39. The summed E-state index contributed by atoms with van der Waals surface area (Å²) in [5.41, 5.74) is 5.02. The number of carbonyl (C=O) groups excluding carboxylic acids is 1. The highest BCUT2D eigenvalue weighted by Crippen LogP contribution is 2.12. The van der Waals surface area contributed by atoms with Gasteiger partial charge in [-0.05, 0) is 26.3 Å². The van der Waals surface area contributed by atoms with Crippen LogP contribution in [-0.4, -0.2) is 31.2 Å². The van der Waals surface area contributed by atoms with Gasteiger partial charge in [-0.3, -0.25) is 4.79 Å². The lowest BCUT2D eigenvalue weighted by Gasteiger charge is -2.15.